The largest absolute Gasteiger partial charge is 0.487 e. The van der Waals surface area contributed by atoms with E-state index < -0.39 is 0 Å². The van der Waals surface area contributed by atoms with Gasteiger partial charge in [0.2, 0.25) is 0 Å². The molecular weight excluding hydrogens is 164 g/mol. The second-order valence-electron chi connectivity index (χ2n) is 1.78. The number of carbonyl (C=O) groups is 1. The number of hydrogen-bond donors (Lipinski definition) is 0. The van der Waals surface area contributed by atoms with Crippen molar-refractivity contribution in [3.63, 3.8) is 0 Å². The molecule has 0 unspecified atom stereocenters. The average molecular weight is 171 g/mol. The topological polar surface area (TPSA) is 35.5 Å². The Morgan fingerprint density at radius 2 is 2.36 bits per heavy atom. The number of hydrogen-bond acceptors (Lipinski definition) is 4. The molecule has 1 radical (unpaired) electrons. The van der Waals surface area contributed by atoms with Gasteiger partial charge in [0.1, 0.15) is 0 Å². The predicted octanol–water partition coefficient (Wildman–Crippen LogP) is 1.34. The fraction of sp³-hybridized carbons (Fsp3) is 0.286. The van der Waals surface area contributed by atoms with Gasteiger partial charge in [0.15, 0.2) is 5.06 Å². The van der Waals surface area contributed by atoms with Crippen molar-refractivity contribution in [2.75, 3.05) is 14.2 Å². The van der Waals surface area contributed by atoms with E-state index in [1.807, 2.05) is 0 Å². The molecule has 3 nitrogen and oxygen atoms in total. The van der Waals surface area contributed by atoms with Gasteiger partial charge in [-0.1, -0.05) is 11.3 Å². The van der Waals surface area contributed by atoms with Crippen molar-refractivity contribution in [1.82, 2.24) is 0 Å². The van der Waals surface area contributed by atoms with E-state index in [4.69, 9.17) is 4.74 Å². The van der Waals surface area contributed by atoms with E-state index in [2.05, 4.69) is 10.1 Å². The highest BCUT2D eigenvalue weighted by Gasteiger charge is 2.08. The highest BCUT2D eigenvalue weighted by Crippen LogP contribution is 2.21. The molecule has 0 aliphatic heterocycles. The summed E-state index contributed by atoms with van der Waals surface area (Å²) >= 11 is 1.25. The first-order chi connectivity index (χ1) is 5.27. The molecule has 59 valence electrons. The van der Waals surface area contributed by atoms with E-state index in [0.717, 1.165) is 0 Å². The number of rotatable bonds is 2. The first-order valence-electron chi connectivity index (χ1n) is 2.91. The predicted molar refractivity (Wildman–Crippen MR) is 41.0 cm³/mol. The second-order valence-corrected chi connectivity index (χ2v) is 2.59. The minimum Gasteiger partial charge on any atom is -0.487 e. The molecular formula is C7H7O3S. The first kappa shape index (κ1) is 8.07. The Morgan fingerprint density at radius 3 is 2.82 bits per heavy atom. The quantitative estimate of drug-likeness (QED) is 0.630. The maximum absolute atomic E-state index is 10.8. The van der Waals surface area contributed by atoms with Crippen molar-refractivity contribution in [1.29, 1.82) is 0 Å². The molecule has 1 heterocycles. The monoisotopic (exact) mass is 171 g/mol. The Bertz CT molecular complexity index is 254. The molecule has 0 spiro atoms. The van der Waals surface area contributed by atoms with Crippen LogP contribution in [0.15, 0.2) is 6.07 Å². The third-order valence-electron chi connectivity index (χ3n) is 1.13. The molecule has 0 aromatic carbocycles. The van der Waals surface area contributed by atoms with E-state index in [9.17, 15) is 4.79 Å². The van der Waals surface area contributed by atoms with E-state index in [0.29, 0.717) is 10.6 Å². The maximum atomic E-state index is 10.8. The summed E-state index contributed by atoms with van der Waals surface area (Å²) in [6.07, 6.45) is 0. The van der Waals surface area contributed by atoms with Crippen LogP contribution < -0.4 is 4.74 Å². The highest BCUT2D eigenvalue weighted by atomic mass is 32.1. The minimum absolute atomic E-state index is 0.385. The third-order valence-corrected chi connectivity index (χ3v) is 1.94. The maximum Gasteiger partial charge on any atom is 0.339 e. The highest BCUT2D eigenvalue weighted by molar-refractivity contribution is 7.11. The summed E-state index contributed by atoms with van der Waals surface area (Å²) in [5.74, 6) is -0.385. The smallest absolute Gasteiger partial charge is 0.339 e. The number of thiophene rings is 1. The zero-order valence-electron chi connectivity index (χ0n) is 6.21. The molecule has 0 aliphatic carbocycles. The van der Waals surface area contributed by atoms with Crippen molar-refractivity contribution in [2.45, 2.75) is 0 Å². The number of methoxy groups -OCH3 is 2. The van der Waals surface area contributed by atoms with Crippen LogP contribution in [0, 0.1) is 5.38 Å². The van der Waals surface area contributed by atoms with Gasteiger partial charge in [0, 0.05) is 6.07 Å². The molecule has 0 atom stereocenters. The molecule has 0 fully saturated rings. The molecule has 0 N–H and O–H groups in total. The van der Waals surface area contributed by atoms with E-state index in [-0.39, 0.29) is 5.97 Å². The minimum atomic E-state index is -0.385. The molecule has 0 amide bonds. The fourth-order valence-electron chi connectivity index (χ4n) is 0.593. The molecule has 0 saturated carbocycles. The van der Waals surface area contributed by atoms with Gasteiger partial charge in [-0.25, -0.2) is 4.79 Å². The average Bonchev–Trinajstić information content (AvgIpc) is 2.50. The molecule has 11 heavy (non-hydrogen) atoms. The lowest BCUT2D eigenvalue weighted by molar-refractivity contribution is 0.0601. The van der Waals surface area contributed by atoms with Gasteiger partial charge < -0.3 is 9.47 Å². The van der Waals surface area contributed by atoms with Gasteiger partial charge in [-0.05, 0) is 0 Å². The zero-order chi connectivity index (χ0) is 8.27. The van der Waals surface area contributed by atoms with Crippen LogP contribution in [0.3, 0.4) is 0 Å². The Labute approximate surface area is 68.6 Å². The van der Waals surface area contributed by atoms with E-state index in [1.165, 1.54) is 18.4 Å². The summed E-state index contributed by atoms with van der Waals surface area (Å²) in [6.45, 7) is 0. The third kappa shape index (κ3) is 1.71. The van der Waals surface area contributed by atoms with Gasteiger partial charge in [0.05, 0.1) is 25.2 Å². The molecule has 0 saturated heterocycles. The van der Waals surface area contributed by atoms with Crippen molar-refractivity contribution >= 4 is 17.3 Å². The van der Waals surface area contributed by atoms with Crippen LogP contribution in [-0.2, 0) is 4.74 Å². The summed E-state index contributed by atoms with van der Waals surface area (Å²) in [5.41, 5.74) is 0.411. The van der Waals surface area contributed by atoms with E-state index in [1.54, 1.807) is 13.2 Å². The Balaban J connectivity index is 2.80. The van der Waals surface area contributed by atoms with Crippen LogP contribution in [0.25, 0.3) is 0 Å². The van der Waals surface area contributed by atoms with Crippen LogP contribution >= 0.6 is 11.3 Å². The number of esters is 1. The van der Waals surface area contributed by atoms with Crippen LogP contribution in [0.1, 0.15) is 10.4 Å². The van der Waals surface area contributed by atoms with E-state index >= 15 is 0 Å². The van der Waals surface area contributed by atoms with Crippen molar-refractivity contribution in [2.24, 2.45) is 0 Å². The zero-order valence-corrected chi connectivity index (χ0v) is 7.03. The normalized spacial score (nSPS) is 9.27. The van der Waals surface area contributed by atoms with Crippen LogP contribution in [0.4, 0.5) is 0 Å². The standard InChI is InChI=1S/C7H7O3S/c1-9-6-3-5(4-11-6)7(8)10-2/h3H,1-2H3. The van der Waals surface area contributed by atoms with Gasteiger partial charge in [-0.15, -0.1) is 0 Å². The summed E-state index contributed by atoms with van der Waals surface area (Å²) in [4.78, 5) is 10.8. The molecule has 1 rings (SSSR count). The lowest BCUT2D eigenvalue weighted by Crippen LogP contribution is -1.98. The Kier molecular flexibility index (Phi) is 2.48. The fourth-order valence-corrected chi connectivity index (χ4v) is 1.21. The van der Waals surface area contributed by atoms with Crippen molar-refractivity contribution in [3.8, 4) is 5.06 Å². The number of carbonyl (C=O) groups excluding carboxylic acids is 1. The Morgan fingerprint density at radius 1 is 1.64 bits per heavy atom. The van der Waals surface area contributed by atoms with Crippen molar-refractivity contribution in [3.05, 3.63) is 17.0 Å². The first-order valence-corrected chi connectivity index (χ1v) is 3.73. The van der Waals surface area contributed by atoms with Crippen molar-refractivity contribution < 1.29 is 14.3 Å². The molecule has 1 aromatic rings. The summed E-state index contributed by atoms with van der Waals surface area (Å²) in [7, 11) is 2.88. The van der Waals surface area contributed by atoms with Gasteiger partial charge in [-0.2, -0.15) is 0 Å². The molecule has 1 aromatic heterocycles. The lowest BCUT2D eigenvalue weighted by Gasteiger charge is -1.91. The number of ether oxygens (including phenoxy) is 2. The van der Waals surface area contributed by atoms with Crippen LogP contribution in [-0.4, -0.2) is 20.2 Å². The van der Waals surface area contributed by atoms with Crippen LogP contribution in [0.5, 0.6) is 5.06 Å². The lowest BCUT2D eigenvalue weighted by atomic mass is 10.3. The van der Waals surface area contributed by atoms with Gasteiger partial charge >= 0.3 is 5.97 Å². The molecule has 0 bridgehead atoms. The Hall–Kier alpha value is -1.03. The summed E-state index contributed by atoms with van der Waals surface area (Å²) < 4.78 is 9.34. The summed E-state index contributed by atoms with van der Waals surface area (Å²) in [6, 6.07) is 1.59. The van der Waals surface area contributed by atoms with Gasteiger partial charge in [-0.3, -0.25) is 0 Å². The second kappa shape index (κ2) is 3.39. The molecule has 0 aliphatic rings. The summed E-state index contributed by atoms with van der Waals surface area (Å²) in [5, 5.41) is 3.41. The SMILES string of the molecule is COC(=O)c1[c]sc(OC)c1. The molecule has 4 heteroatoms. The van der Waals surface area contributed by atoms with Crippen LogP contribution in [0.2, 0.25) is 0 Å². The van der Waals surface area contributed by atoms with Gasteiger partial charge in [0.25, 0.3) is 0 Å².